The van der Waals surface area contributed by atoms with Gasteiger partial charge in [0.2, 0.25) is 0 Å². The third kappa shape index (κ3) is 2.99. The highest BCUT2D eigenvalue weighted by Gasteiger charge is 2.23. The van der Waals surface area contributed by atoms with Crippen molar-refractivity contribution < 1.29 is 8.42 Å². The van der Waals surface area contributed by atoms with Crippen LogP contribution in [0.1, 0.15) is 27.8 Å². The van der Waals surface area contributed by atoms with Crippen LogP contribution in [0.4, 0.5) is 5.69 Å². The average molecular weight is 338 g/mol. The Morgan fingerprint density at radius 1 is 0.864 bits per heavy atom. The van der Waals surface area contributed by atoms with E-state index in [-0.39, 0.29) is 0 Å². The minimum Gasteiger partial charge on any atom is -0.280 e. The van der Waals surface area contributed by atoms with Gasteiger partial charge in [-0.15, -0.1) is 0 Å². The van der Waals surface area contributed by atoms with Gasteiger partial charge in [-0.25, -0.2) is 8.42 Å². The standard InChI is InChI=1S/C17H20ClNO2S/c1-10-11(2)13(4)17(14(5)12(10)3)22(20,21)19-16-8-6-7-15(18)9-16/h6-9,19H,1-5H3. The van der Waals surface area contributed by atoms with Crippen LogP contribution in [-0.2, 0) is 10.0 Å². The van der Waals surface area contributed by atoms with E-state index in [1.807, 2.05) is 34.6 Å². The molecule has 118 valence electrons. The predicted molar refractivity (Wildman–Crippen MR) is 92.4 cm³/mol. The number of rotatable bonds is 3. The van der Waals surface area contributed by atoms with Gasteiger partial charge in [-0.1, -0.05) is 17.7 Å². The van der Waals surface area contributed by atoms with E-state index in [1.165, 1.54) is 0 Å². The van der Waals surface area contributed by atoms with Gasteiger partial charge in [-0.3, -0.25) is 4.72 Å². The molecule has 5 heteroatoms. The van der Waals surface area contributed by atoms with Crippen LogP contribution in [-0.4, -0.2) is 8.42 Å². The maximum atomic E-state index is 12.8. The van der Waals surface area contributed by atoms with E-state index >= 15 is 0 Å². The summed E-state index contributed by atoms with van der Waals surface area (Å²) in [4.78, 5) is 0.355. The van der Waals surface area contributed by atoms with Gasteiger partial charge in [0.15, 0.2) is 0 Å². The largest absolute Gasteiger partial charge is 0.280 e. The number of halogens is 1. The van der Waals surface area contributed by atoms with Crippen molar-refractivity contribution in [3.63, 3.8) is 0 Å². The molecule has 0 radical (unpaired) electrons. The molecule has 1 N–H and O–H groups in total. The lowest BCUT2D eigenvalue weighted by molar-refractivity contribution is 0.599. The zero-order valence-corrected chi connectivity index (χ0v) is 15.0. The normalized spacial score (nSPS) is 11.5. The molecule has 22 heavy (non-hydrogen) atoms. The molecule has 0 bridgehead atoms. The number of hydrogen-bond donors (Lipinski definition) is 1. The van der Waals surface area contributed by atoms with Gasteiger partial charge in [0, 0.05) is 5.02 Å². The summed E-state index contributed by atoms with van der Waals surface area (Å²) in [5.74, 6) is 0. The van der Waals surface area contributed by atoms with E-state index in [9.17, 15) is 8.42 Å². The van der Waals surface area contributed by atoms with E-state index in [1.54, 1.807) is 24.3 Å². The van der Waals surface area contributed by atoms with Gasteiger partial charge in [0.25, 0.3) is 10.0 Å². The molecule has 0 amide bonds. The van der Waals surface area contributed by atoms with Crippen LogP contribution >= 0.6 is 11.6 Å². The van der Waals surface area contributed by atoms with Crippen molar-refractivity contribution in [3.8, 4) is 0 Å². The zero-order chi connectivity index (χ0) is 16.7. The van der Waals surface area contributed by atoms with Crippen LogP contribution in [0.15, 0.2) is 29.2 Å². The van der Waals surface area contributed by atoms with Crippen LogP contribution in [0.2, 0.25) is 5.02 Å². The lowest BCUT2D eigenvalue weighted by Crippen LogP contribution is -2.17. The van der Waals surface area contributed by atoms with Crippen LogP contribution < -0.4 is 4.72 Å². The highest BCUT2D eigenvalue weighted by molar-refractivity contribution is 7.92. The minimum absolute atomic E-state index is 0.355. The first-order valence-corrected chi connectivity index (χ1v) is 8.86. The first kappa shape index (κ1) is 16.8. The zero-order valence-electron chi connectivity index (χ0n) is 13.4. The van der Waals surface area contributed by atoms with Crippen molar-refractivity contribution in [2.24, 2.45) is 0 Å². The Labute approximate surface area is 137 Å². The van der Waals surface area contributed by atoms with Crippen molar-refractivity contribution in [1.82, 2.24) is 0 Å². The van der Waals surface area contributed by atoms with Crippen LogP contribution in [0, 0.1) is 34.6 Å². The smallest absolute Gasteiger partial charge is 0.262 e. The van der Waals surface area contributed by atoms with Crippen LogP contribution in [0.25, 0.3) is 0 Å². The molecule has 0 fully saturated rings. The molecule has 2 aromatic carbocycles. The summed E-state index contributed by atoms with van der Waals surface area (Å²) in [7, 11) is -3.66. The number of hydrogen-bond acceptors (Lipinski definition) is 2. The number of benzene rings is 2. The second-order valence-electron chi connectivity index (χ2n) is 5.57. The molecule has 0 aliphatic rings. The fraction of sp³-hybridized carbons (Fsp3) is 0.294. The highest BCUT2D eigenvalue weighted by Crippen LogP contribution is 2.31. The number of sulfonamides is 1. The van der Waals surface area contributed by atoms with Gasteiger partial charge < -0.3 is 0 Å². The quantitative estimate of drug-likeness (QED) is 0.883. The fourth-order valence-corrected chi connectivity index (χ4v) is 4.47. The van der Waals surface area contributed by atoms with Gasteiger partial charge in [0.1, 0.15) is 0 Å². The van der Waals surface area contributed by atoms with Crippen LogP contribution in [0.3, 0.4) is 0 Å². The third-order valence-corrected chi connectivity index (χ3v) is 6.17. The monoisotopic (exact) mass is 337 g/mol. The number of anilines is 1. The summed E-state index contributed by atoms with van der Waals surface area (Å²) in [5.41, 5.74) is 5.19. The Bertz CT molecular complexity index is 813. The second kappa shape index (κ2) is 5.94. The molecule has 2 rings (SSSR count). The van der Waals surface area contributed by atoms with Crippen molar-refractivity contribution in [2.45, 2.75) is 39.5 Å². The Morgan fingerprint density at radius 3 is 1.86 bits per heavy atom. The molecule has 0 atom stereocenters. The SMILES string of the molecule is Cc1c(C)c(C)c(S(=O)(=O)Nc2cccc(Cl)c2)c(C)c1C. The minimum atomic E-state index is -3.66. The van der Waals surface area contributed by atoms with E-state index in [0.29, 0.717) is 15.6 Å². The topological polar surface area (TPSA) is 46.2 Å². The summed E-state index contributed by atoms with van der Waals surface area (Å²) < 4.78 is 28.3. The lowest BCUT2D eigenvalue weighted by Gasteiger charge is -2.19. The lowest BCUT2D eigenvalue weighted by atomic mass is 9.95. The molecule has 3 nitrogen and oxygen atoms in total. The predicted octanol–water partition coefficient (Wildman–Crippen LogP) is 4.68. The Kier molecular flexibility index (Phi) is 4.54. The molecule has 0 aromatic heterocycles. The van der Waals surface area contributed by atoms with Crippen LogP contribution in [0.5, 0.6) is 0 Å². The Hall–Kier alpha value is -1.52. The molecule has 0 spiro atoms. The molecule has 0 heterocycles. The van der Waals surface area contributed by atoms with Gasteiger partial charge >= 0.3 is 0 Å². The number of nitrogens with one attached hydrogen (secondary N) is 1. The molecule has 2 aromatic rings. The van der Waals surface area contributed by atoms with Crippen molar-refractivity contribution >= 4 is 27.3 Å². The van der Waals surface area contributed by atoms with Gasteiger partial charge in [0.05, 0.1) is 10.6 Å². The summed E-state index contributed by atoms with van der Waals surface area (Å²) in [5, 5.41) is 0.491. The molecule has 0 saturated carbocycles. The maximum absolute atomic E-state index is 12.8. The first-order valence-electron chi connectivity index (χ1n) is 7.00. The fourth-order valence-electron chi connectivity index (χ4n) is 2.63. The molecule has 0 unspecified atom stereocenters. The Balaban J connectivity index is 2.60. The van der Waals surface area contributed by atoms with Gasteiger partial charge in [-0.05, 0) is 80.6 Å². The van der Waals surface area contributed by atoms with E-state index in [4.69, 9.17) is 11.6 Å². The maximum Gasteiger partial charge on any atom is 0.262 e. The third-order valence-electron chi connectivity index (χ3n) is 4.28. The van der Waals surface area contributed by atoms with Gasteiger partial charge in [-0.2, -0.15) is 0 Å². The Morgan fingerprint density at radius 2 is 1.36 bits per heavy atom. The molecule has 0 saturated heterocycles. The van der Waals surface area contributed by atoms with E-state index in [0.717, 1.165) is 27.8 Å². The summed E-state index contributed by atoms with van der Waals surface area (Å²) in [6.45, 7) is 9.62. The average Bonchev–Trinajstić information content (AvgIpc) is 2.42. The van der Waals surface area contributed by atoms with E-state index in [2.05, 4.69) is 4.72 Å². The second-order valence-corrected chi connectivity index (χ2v) is 7.63. The highest BCUT2D eigenvalue weighted by atomic mass is 35.5. The summed E-state index contributed by atoms with van der Waals surface area (Å²) in [6, 6.07) is 6.70. The molecule has 0 aliphatic carbocycles. The van der Waals surface area contributed by atoms with E-state index < -0.39 is 10.0 Å². The molecule has 0 aliphatic heterocycles. The molecular weight excluding hydrogens is 318 g/mol. The molecular formula is C17H20ClNO2S. The van der Waals surface area contributed by atoms with Crippen molar-refractivity contribution in [1.29, 1.82) is 0 Å². The summed E-state index contributed by atoms with van der Waals surface area (Å²) in [6.07, 6.45) is 0. The van der Waals surface area contributed by atoms with Crippen molar-refractivity contribution in [3.05, 3.63) is 57.1 Å². The first-order chi connectivity index (χ1) is 10.1. The summed E-state index contributed by atoms with van der Waals surface area (Å²) >= 11 is 5.92. The van der Waals surface area contributed by atoms with Crippen molar-refractivity contribution in [2.75, 3.05) is 4.72 Å².